The third-order valence-corrected chi connectivity index (χ3v) is 3.55. The van der Waals surface area contributed by atoms with Gasteiger partial charge in [0.05, 0.1) is 22.3 Å². The Balaban J connectivity index is 3.14. The van der Waals surface area contributed by atoms with Crippen LogP contribution in [0.3, 0.4) is 0 Å². The number of nitro groups is 1. The summed E-state index contributed by atoms with van der Waals surface area (Å²) in [5, 5.41) is 20.5. The summed E-state index contributed by atoms with van der Waals surface area (Å²) in [4.78, 5) is 19.4. The summed E-state index contributed by atoms with van der Waals surface area (Å²) < 4.78 is 24.8. The molecule has 0 aliphatic carbocycles. The van der Waals surface area contributed by atoms with Gasteiger partial charge in [-0.05, 0) is 12.1 Å². The lowest BCUT2D eigenvalue weighted by Crippen LogP contribution is -2.37. The number of hydrogen-bond acceptors (Lipinski definition) is 6. The molecule has 0 aliphatic heterocycles. The van der Waals surface area contributed by atoms with E-state index in [0.29, 0.717) is 0 Å². The highest BCUT2D eigenvalue weighted by atomic mass is 35.5. The molecule has 10 heteroatoms. The summed E-state index contributed by atoms with van der Waals surface area (Å²) in [5.41, 5.74) is -0.590. The Hall–Kier alpha value is -1.71. The van der Waals surface area contributed by atoms with Crippen LogP contribution in [-0.4, -0.2) is 25.9 Å². The quantitative estimate of drug-likeness (QED) is 0.563. The van der Waals surface area contributed by atoms with Gasteiger partial charge < -0.3 is 9.90 Å². The molecule has 0 aliphatic rings. The molecular formula is C8H6ClN2O6S-. The Kier molecular flexibility index (Phi) is 4.22. The molecule has 0 atom stereocenters. The van der Waals surface area contributed by atoms with Crippen molar-refractivity contribution >= 4 is 33.3 Å². The van der Waals surface area contributed by atoms with E-state index in [-0.39, 0.29) is 5.02 Å². The predicted molar refractivity (Wildman–Crippen MR) is 58.3 cm³/mol. The Morgan fingerprint density at radius 1 is 1.44 bits per heavy atom. The third-order valence-electron chi connectivity index (χ3n) is 1.83. The largest absolute Gasteiger partial charge is 0.549 e. The second-order valence-electron chi connectivity index (χ2n) is 3.07. The van der Waals surface area contributed by atoms with Crippen LogP contribution in [0.5, 0.6) is 0 Å². The van der Waals surface area contributed by atoms with E-state index < -0.39 is 38.0 Å². The number of sulfonamides is 1. The molecule has 98 valence electrons. The first kappa shape index (κ1) is 14.4. The first-order chi connectivity index (χ1) is 8.24. The van der Waals surface area contributed by atoms with Crippen LogP contribution in [0.25, 0.3) is 0 Å². The first-order valence-electron chi connectivity index (χ1n) is 4.37. The lowest BCUT2D eigenvalue weighted by atomic mass is 10.3. The van der Waals surface area contributed by atoms with Gasteiger partial charge in [0, 0.05) is 6.07 Å². The van der Waals surface area contributed by atoms with Crippen molar-refractivity contribution in [1.82, 2.24) is 4.72 Å². The molecule has 0 amide bonds. The van der Waals surface area contributed by atoms with Gasteiger partial charge in [-0.1, -0.05) is 11.6 Å². The van der Waals surface area contributed by atoms with Gasteiger partial charge in [0.1, 0.15) is 5.02 Å². The zero-order chi connectivity index (χ0) is 13.9. The minimum atomic E-state index is -4.16. The summed E-state index contributed by atoms with van der Waals surface area (Å²) in [6.07, 6.45) is 0. The van der Waals surface area contributed by atoms with E-state index in [1.54, 1.807) is 4.72 Å². The summed E-state index contributed by atoms with van der Waals surface area (Å²) >= 11 is 5.51. The fraction of sp³-hybridized carbons (Fsp3) is 0.125. The topological polar surface area (TPSA) is 129 Å². The smallest absolute Gasteiger partial charge is 0.289 e. The van der Waals surface area contributed by atoms with Crippen LogP contribution >= 0.6 is 11.6 Å². The average molecular weight is 294 g/mol. The molecule has 1 aromatic carbocycles. The molecule has 1 rings (SSSR count). The van der Waals surface area contributed by atoms with Crippen LogP contribution in [0.4, 0.5) is 5.69 Å². The molecule has 0 bridgehead atoms. The van der Waals surface area contributed by atoms with Gasteiger partial charge in [0.2, 0.25) is 10.0 Å². The molecule has 0 heterocycles. The van der Waals surface area contributed by atoms with Gasteiger partial charge in [-0.25, -0.2) is 13.1 Å². The van der Waals surface area contributed by atoms with Crippen molar-refractivity contribution in [3.63, 3.8) is 0 Å². The predicted octanol–water partition coefficient (Wildman–Crippen LogP) is -0.724. The Labute approximate surface area is 106 Å². The second kappa shape index (κ2) is 5.29. The number of nitrogens with zero attached hydrogens (tertiary/aromatic N) is 1. The SMILES string of the molecule is O=C([O-])CNS(=O)(=O)c1ccc(Cl)c([N+](=O)[O-])c1. The molecule has 0 saturated carbocycles. The maximum atomic E-state index is 11.6. The number of carboxylic acids is 1. The van der Waals surface area contributed by atoms with Gasteiger partial charge in [0.15, 0.2) is 0 Å². The standard InChI is InChI=1S/C8H7ClN2O6S/c9-6-2-1-5(3-7(6)11(14)15)18(16,17)10-4-8(12)13/h1-3,10H,4H2,(H,12,13)/p-1. The van der Waals surface area contributed by atoms with Gasteiger partial charge in [0.25, 0.3) is 5.69 Å². The van der Waals surface area contributed by atoms with Crippen LogP contribution in [0.1, 0.15) is 0 Å². The summed E-state index contributed by atoms with van der Waals surface area (Å²) in [6.45, 7) is -0.932. The van der Waals surface area contributed by atoms with Crippen LogP contribution in [0, 0.1) is 10.1 Å². The summed E-state index contributed by atoms with van der Waals surface area (Å²) in [5.74, 6) is -1.62. The van der Waals surface area contributed by atoms with E-state index in [4.69, 9.17) is 11.6 Å². The van der Waals surface area contributed by atoms with Crippen molar-refractivity contribution in [2.24, 2.45) is 0 Å². The van der Waals surface area contributed by atoms with Crippen LogP contribution in [0.15, 0.2) is 23.1 Å². The fourth-order valence-electron chi connectivity index (χ4n) is 1.04. The Morgan fingerprint density at radius 2 is 2.06 bits per heavy atom. The van der Waals surface area contributed by atoms with Crippen molar-refractivity contribution < 1.29 is 23.2 Å². The first-order valence-corrected chi connectivity index (χ1v) is 6.23. The number of rotatable bonds is 5. The Morgan fingerprint density at radius 3 is 2.56 bits per heavy atom. The van der Waals surface area contributed by atoms with Crippen LogP contribution in [0.2, 0.25) is 5.02 Å². The molecule has 0 spiro atoms. The molecule has 1 N–H and O–H groups in total. The monoisotopic (exact) mass is 293 g/mol. The number of benzene rings is 1. The van der Waals surface area contributed by atoms with Gasteiger partial charge in [-0.2, -0.15) is 0 Å². The highest BCUT2D eigenvalue weighted by molar-refractivity contribution is 7.89. The number of carbonyl (C=O) groups excluding carboxylic acids is 1. The van der Waals surface area contributed by atoms with Gasteiger partial charge >= 0.3 is 0 Å². The third kappa shape index (κ3) is 3.39. The highest BCUT2D eigenvalue weighted by Crippen LogP contribution is 2.26. The Bertz CT molecular complexity index is 600. The van der Waals surface area contributed by atoms with E-state index in [1.807, 2.05) is 0 Å². The van der Waals surface area contributed by atoms with Crippen LogP contribution in [-0.2, 0) is 14.8 Å². The van der Waals surface area contributed by atoms with Gasteiger partial charge in [-0.15, -0.1) is 0 Å². The van der Waals surface area contributed by atoms with Crippen molar-refractivity contribution in [2.45, 2.75) is 4.90 Å². The number of nitrogens with one attached hydrogen (secondary N) is 1. The van der Waals surface area contributed by atoms with Crippen LogP contribution < -0.4 is 9.83 Å². The average Bonchev–Trinajstić information content (AvgIpc) is 2.26. The van der Waals surface area contributed by atoms with Crippen molar-refractivity contribution in [3.05, 3.63) is 33.3 Å². The molecule has 1 aromatic rings. The molecule has 0 aromatic heterocycles. The zero-order valence-electron chi connectivity index (χ0n) is 8.62. The normalized spacial score (nSPS) is 11.2. The fourth-order valence-corrected chi connectivity index (χ4v) is 2.21. The van der Waals surface area contributed by atoms with Crippen molar-refractivity contribution in [2.75, 3.05) is 6.54 Å². The lowest BCUT2D eigenvalue weighted by molar-refractivity contribution is -0.384. The number of carbonyl (C=O) groups is 1. The number of aliphatic carboxylic acids is 1. The molecule has 0 saturated heterocycles. The zero-order valence-corrected chi connectivity index (χ0v) is 10.2. The molecular weight excluding hydrogens is 288 g/mol. The second-order valence-corrected chi connectivity index (χ2v) is 5.24. The summed E-state index contributed by atoms with van der Waals surface area (Å²) in [7, 11) is -4.16. The van der Waals surface area contributed by atoms with E-state index >= 15 is 0 Å². The van der Waals surface area contributed by atoms with Crippen molar-refractivity contribution in [3.8, 4) is 0 Å². The number of hydrogen-bond donors (Lipinski definition) is 1. The lowest BCUT2D eigenvalue weighted by Gasteiger charge is -2.07. The van der Waals surface area contributed by atoms with E-state index in [1.165, 1.54) is 0 Å². The number of carboxylic acid groups (broad SMARTS) is 1. The number of halogens is 1. The molecule has 0 unspecified atom stereocenters. The summed E-state index contributed by atoms with van der Waals surface area (Å²) in [6, 6.07) is 2.79. The van der Waals surface area contributed by atoms with Gasteiger partial charge in [-0.3, -0.25) is 10.1 Å². The van der Waals surface area contributed by atoms with E-state index in [9.17, 15) is 28.4 Å². The van der Waals surface area contributed by atoms with E-state index in [0.717, 1.165) is 18.2 Å². The highest BCUT2D eigenvalue weighted by Gasteiger charge is 2.20. The maximum absolute atomic E-state index is 11.6. The minimum Gasteiger partial charge on any atom is -0.549 e. The molecule has 18 heavy (non-hydrogen) atoms. The maximum Gasteiger partial charge on any atom is 0.289 e. The molecule has 0 fully saturated rings. The minimum absolute atomic E-state index is 0.223. The number of nitro benzene ring substituents is 1. The van der Waals surface area contributed by atoms with E-state index in [2.05, 4.69) is 0 Å². The molecule has 8 nitrogen and oxygen atoms in total. The molecule has 0 radical (unpaired) electrons. The van der Waals surface area contributed by atoms with Crippen molar-refractivity contribution in [1.29, 1.82) is 0 Å².